The molecule has 0 aromatic carbocycles. The van der Waals surface area contributed by atoms with Gasteiger partial charge in [-0.25, -0.2) is 9.97 Å². The van der Waals surface area contributed by atoms with Crippen molar-refractivity contribution in [2.75, 3.05) is 37.0 Å². The van der Waals surface area contributed by atoms with Crippen molar-refractivity contribution in [3.63, 3.8) is 0 Å². The molecule has 25 heavy (non-hydrogen) atoms. The summed E-state index contributed by atoms with van der Waals surface area (Å²) in [7, 11) is 3.92. The quantitative estimate of drug-likeness (QED) is 0.912. The summed E-state index contributed by atoms with van der Waals surface area (Å²) in [5.74, 6) is 1.70. The first-order chi connectivity index (χ1) is 12.0. The molecule has 1 N–H and O–H groups in total. The summed E-state index contributed by atoms with van der Waals surface area (Å²) in [4.78, 5) is 29.4. The van der Waals surface area contributed by atoms with Gasteiger partial charge in [0.25, 0.3) is 5.91 Å². The summed E-state index contributed by atoms with van der Waals surface area (Å²) in [6.07, 6.45) is 5.19. The van der Waals surface area contributed by atoms with Gasteiger partial charge in [-0.1, -0.05) is 0 Å². The fraction of sp³-hybridized carbons (Fsp3) is 0.444. The van der Waals surface area contributed by atoms with Crippen LogP contribution in [0.25, 0.3) is 0 Å². The largest absolute Gasteiger partial charge is 0.363 e. The highest BCUT2D eigenvalue weighted by Crippen LogP contribution is 2.20. The Morgan fingerprint density at radius 2 is 2.12 bits per heavy atom. The molecular formula is C18H24N6O. The number of piperidine rings is 1. The number of pyridine rings is 1. The van der Waals surface area contributed by atoms with Gasteiger partial charge in [0, 0.05) is 51.2 Å². The number of rotatable bonds is 4. The molecule has 3 rings (SSSR count). The van der Waals surface area contributed by atoms with Crippen LogP contribution in [-0.2, 0) is 0 Å². The Hall–Kier alpha value is -2.70. The molecule has 0 bridgehead atoms. The molecule has 7 heteroatoms. The molecule has 0 saturated carbocycles. The molecule has 1 fully saturated rings. The Labute approximate surface area is 148 Å². The lowest BCUT2D eigenvalue weighted by molar-refractivity contribution is 0.0932. The number of anilines is 2. The molecule has 0 unspecified atom stereocenters. The monoisotopic (exact) mass is 340 g/mol. The second-order valence-electron chi connectivity index (χ2n) is 6.58. The third-order valence-corrected chi connectivity index (χ3v) is 4.35. The second-order valence-corrected chi connectivity index (χ2v) is 6.58. The maximum absolute atomic E-state index is 12.4. The highest BCUT2D eigenvalue weighted by atomic mass is 16.1. The number of hydrogen-bond donors (Lipinski definition) is 1. The molecule has 2 aromatic heterocycles. The van der Waals surface area contributed by atoms with Gasteiger partial charge in [0.15, 0.2) is 0 Å². The fourth-order valence-electron chi connectivity index (χ4n) is 2.93. The van der Waals surface area contributed by atoms with E-state index in [1.807, 2.05) is 44.1 Å². The lowest BCUT2D eigenvalue weighted by atomic mass is 10.1. The highest BCUT2D eigenvalue weighted by Gasteiger charge is 2.23. The second kappa shape index (κ2) is 7.46. The third kappa shape index (κ3) is 4.23. The number of aromatic nitrogens is 3. The lowest BCUT2D eigenvalue weighted by Crippen LogP contribution is -2.48. The standard InChI is InChI=1S/C18H24N6O/c1-13-6-7-14(10-19-13)18(25)22-15-5-4-8-24(11-15)17-9-16(23(2)3)20-12-21-17/h6-7,9-10,12,15H,4-5,8,11H2,1-3H3,(H,22,25)/t15-/m1/s1. The first-order valence-corrected chi connectivity index (χ1v) is 8.51. The third-order valence-electron chi connectivity index (χ3n) is 4.35. The van der Waals surface area contributed by atoms with Crippen LogP contribution in [0.15, 0.2) is 30.7 Å². The Morgan fingerprint density at radius 1 is 1.28 bits per heavy atom. The summed E-state index contributed by atoms with van der Waals surface area (Å²) >= 11 is 0. The molecule has 1 saturated heterocycles. The van der Waals surface area contributed by atoms with Crippen molar-refractivity contribution in [2.45, 2.75) is 25.8 Å². The number of carbonyl (C=O) groups is 1. The van der Waals surface area contributed by atoms with Gasteiger partial charge in [-0.05, 0) is 31.9 Å². The molecule has 1 amide bonds. The Morgan fingerprint density at radius 3 is 2.84 bits per heavy atom. The van der Waals surface area contributed by atoms with Crippen LogP contribution >= 0.6 is 0 Å². The minimum atomic E-state index is -0.0731. The molecule has 1 atom stereocenters. The van der Waals surface area contributed by atoms with Crippen LogP contribution in [0.3, 0.4) is 0 Å². The highest BCUT2D eigenvalue weighted by molar-refractivity contribution is 5.94. The zero-order valence-electron chi connectivity index (χ0n) is 14.9. The maximum atomic E-state index is 12.4. The van der Waals surface area contributed by atoms with Crippen LogP contribution in [-0.4, -0.2) is 54.1 Å². The van der Waals surface area contributed by atoms with Gasteiger partial charge in [-0.3, -0.25) is 9.78 Å². The number of hydrogen-bond acceptors (Lipinski definition) is 6. The lowest BCUT2D eigenvalue weighted by Gasteiger charge is -2.34. The Balaban J connectivity index is 1.66. The smallest absolute Gasteiger partial charge is 0.253 e. The topological polar surface area (TPSA) is 74.2 Å². The first-order valence-electron chi connectivity index (χ1n) is 8.51. The molecular weight excluding hydrogens is 316 g/mol. The minimum Gasteiger partial charge on any atom is -0.363 e. The van der Waals surface area contributed by atoms with Crippen LogP contribution in [0.5, 0.6) is 0 Å². The molecule has 3 heterocycles. The van der Waals surface area contributed by atoms with E-state index in [9.17, 15) is 4.79 Å². The molecule has 1 aliphatic heterocycles. The van der Waals surface area contributed by atoms with Crippen LogP contribution in [0.4, 0.5) is 11.6 Å². The van der Waals surface area contributed by atoms with Gasteiger partial charge in [-0.15, -0.1) is 0 Å². The molecule has 2 aromatic rings. The van der Waals surface area contributed by atoms with E-state index in [2.05, 4.69) is 25.2 Å². The number of aryl methyl sites for hydroxylation is 1. The number of nitrogens with zero attached hydrogens (tertiary/aromatic N) is 5. The summed E-state index contributed by atoms with van der Waals surface area (Å²) in [6.45, 7) is 3.58. The predicted molar refractivity (Wildman–Crippen MR) is 98.0 cm³/mol. The van der Waals surface area contributed by atoms with E-state index in [1.54, 1.807) is 12.5 Å². The average molecular weight is 340 g/mol. The zero-order valence-corrected chi connectivity index (χ0v) is 14.9. The van der Waals surface area contributed by atoms with Gasteiger partial charge in [0.1, 0.15) is 18.0 Å². The predicted octanol–water partition coefficient (Wildman–Crippen LogP) is 1.64. The van der Waals surface area contributed by atoms with Crippen molar-refractivity contribution in [3.8, 4) is 0 Å². The van der Waals surface area contributed by atoms with Crippen molar-refractivity contribution in [2.24, 2.45) is 0 Å². The number of carbonyl (C=O) groups excluding carboxylic acids is 1. The number of amides is 1. The Kier molecular flexibility index (Phi) is 5.11. The zero-order chi connectivity index (χ0) is 17.8. The molecule has 0 spiro atoms. The van der Waals surface area contributed by atoms with E-state index in [-0.39, 0.29) is 11.9 Å². The van der Waals surface area contributed by atoms with Gasteiger partial charge >= 0.3 is 0 Å². The Bertz CT molecular complexity index is 731. The van der Waals surface area contributed by atoms with E-state index in [1.165, 1.54) is 0 Å². The fourth-order valence-corrected chi connectivity index (χ4v) is 2.93. The van der Waals surface area contributed by atoms with Gasteiger partial charge in [0.05, 0.1) is 5.56 Å². The summed E-state index contributed by atoms with van der Waals surface area (Å²) < 4.78 is 0. The molecule has 132 valence electrons. The van der Waals surface area contributed by atoms with E-state index < -0.39 is 0 Å². The summed E-state index contributed by atoms with van der Waals surface area (Å²) in [5, 5.41) is 3.12. The van der Waals surface area contributed by atoms with E-state index in [4.69, 9.17) is 0 Å². The minimum absolute atomic E-state index is 0.0731. The van der Waals surface area contributed by atoms with Gasteiger partial charge < -0.3 is 15.1 Å². The van der Waals surface area contributed by atoms with E-state index >= 15 is 0 Å². The van der Waals surface area contributed by atoms with Crippen LogP contribution < -0.4 is 15.1 Å². The van der Waals surface area contributed by atoms with Crippen LogP contribution in [0, 0.1) is 6.92 Å². The summed E-state index contributed by atoms with van der Waals surface area (Å²) in [5.41, 5.74) is 1.50. The summed E-state index contributed by atoms with van der Waals surface area (Å²) in [6, 6.07) is 5.74. The van der Waals surface area contributed by atoms with E-state index in [0.29, 0.717) is 5.56 Å². The normalized spacial score (nSPS) is 17.2. The van der Waals surface area contributed by atoms with Crippen LogP contribution in [0.1, 0.15) is 28.9 Å². The molecule has 0 radical (unpaired) electrons. The van der Waals surface area contributed by atoms with Crippen molar-refractivity contribution in [1.82, 2.24) is 20.3 Å². The van der Waals surface area contributed by atoms with Gasteiger partial charge in [0.2, 0.25) is 0 Å². The maximum Gasteiger partial charge on any atom is 0.253 e. The molecule has 0 aliphatic carbocycles. The SMILES string of the molecule is Cc1ccc(C(=O)N[C@@H]2CCCN(c3cc(N(C)C)ncn3)C2)cn1. The van der Waals surface area contributed by atoms with Gasteiger partial charge in [-0.2, -0.15) is 0 Å². The van der Waals surface area contributed by atoms with Crippen LogP contribution in [0.2, 0.25) is 0 Å². The van der Waals surface area contributed by atoms with Crippen molar-refractivity contribution in [3.05, 3.63) is 42.0 Å². The van der Waals surface area contributed by atoms with E-state index in [0.717, 1.165) is 43.3 Å². The van der Waals surface area contributed by atoms with Crippen molar-refractivity contribution < 1.29 is 4.79 Å². The molecule has 7 nitrogen and oxygen atoms in total. The first kappa shape index (κ1) is 17.1. The van der Waals surface area contributed by atoms with Crippen molar-refractivity contribution >= 4 is 17.5 Å². The molecule has 1 aliphatic rings. The average Bonchev–Trinajstić information content (AvgIpc) is 2.62. The number of nitrogens with one attached hydrogen (secondary N) is 1. The van der Waals surface area contributed by atoms with Crippen molar-refractivity contribution in [1.29, 1.82) is 0 Å².